The Bertz CT molecular complexity index is 703. The highest BCUT2D eigenvalue weighted by Crippen LogP contribution is 2.30. The topological polar surface area (TPSA) is 33.4 Å². The van der Waals surface area contributed by atoms with E-state index >= 15 is 0 Å². The van der Waals surface area contributed by atoms with E-state index in [0.29, 0.717) is 16.4 Å². The predicted molar refractivity (Wildman–Crippen MR) is 71.7 cm³/mol. The monoisotopic (exact) mass is 276 g/mol. The summed E-state index contributed by atoms with van der Waals surface area (Å²) in [6, 6.07) is 13.1. The number of halogens is 2. The van der Waals surface area contributed by atoms with E-state index in [0.717, 1.165) is 5.39 Å². The van der Waals surface area contributed by atoms with Gasteiger partial charge in [-0.3, -0.25) is 0 Å². The van der Waals surface area contributed by atoms with Crippen LogP contribution in [-0.4, -0.2) is 5.11 Å². The summed E-state index contributed by atoms with van der Waals surface area (Å²) in [5.74, 6) is -0.222. The Morgan fingerprint density at radius 1 is 1.11 bits per heavy atom. The fourth-order valence-corrected chi connectivity index (χ4v) is 2.20. The molecule has 1 aromatic heterocycles. The normalized spacial score (nSPS) is 12.8. The van der Waals surface area contributed by atoms with Gasteiger partial charge in [0.1, 0.15) is 23.3 Å². The Labute approximate surface area is 114 Å². The van der Waals surface area contributed by atoms with Crippen LogP contribution in [0.5, 0.6) is 0 Å². The minimum Gasteiger partial charge on any atom is -0.458 e. The predicted octanol–water partition coefficient (Wildman–Crippen LogP) is 4.31. The molecule has 0 bridgehead atoms. The summed E-state index contributed by atoms with van der Waals surface area (Å²) in [5, 5.41) is 11.4. The molecule has 96 valence electrons. The Balaban J connectivity index is 2.07. The van der Waals surface area contributed by atoms with Crippen molar-refractivity contribution in [3.8, 4) is 0 Å². The first-order valence-electron chi connectivity index (χ1n) is 5.76. The molecule has 0 fully saturated rings. The lowest BCUT2D eigenvalue weighted by molar-refractivity contribution is 0.187. The van der Waals surface area contributed by atoms with Gasteiger partial charge in [-0.2, -0.15) is 0 Å². The molecule has 0 aliphatic heterocycles. The summed E-state index contributed by atoms with van der Waals surface area (Å²) < 4.78 is 19.2. The van der Waals surface area contributed by atoms with E-state index in [1.807, 2.05) is 18.2 Å². The van der Waals surface area contributed by atoms with Crippen LogP contribution in [0.15, 0.2) is 52.9 Å². The first-order chi connectivity index (χ1) is 9.15. The molecular formula is C15H10ClFO2. The third-order valence-electron chi connectivity index (χ3n) is 2.97. The molecule has 0 radical (unpaired) electrons. The molecule has 3 aromatic rings. The number of hydrogen-bond donors (Lipinski definition) is 1. The summed E-state index contributed by atoms with van der Waals surface area (Å²) in [5.41, 5.74) is 0.755. The molecule has 4 heteroatoms. The van der Waals surface area contributed by atoms with E-state index in [9.17, 15) is 9.50 Å². The molecule has 0 spiro atoms. The Morgan fingerprint density at radius 3 is 2.68 bits per heavy atom. The highest BCUT2D eigenvalue weighted by molar-refractivity contribution is 6.30. The number of furan rings is 1. The van der Waals surface area contributed by atoms with E-state index in [-0.39, 0.29) is 5.56 Å². The molecule has 3 rings (SSSR count). The number of para-hydroxylation sites is 1. The molecule has 1 heterocycles. The highest BCUT2D eigenvalue weighted by Gasteiger charge is 2.19. The molecule has 0 amide bonds. The summed E-state index contributed by atoms with van der Waals surface area (Å²) in [6.45, 7) is 0. The van der Waals surface area contributed by atoms with Crippen LogP contribution in [0.1, 0.15) is 17.4 Å². The van der Waals surface area contributed by atoms with Crippen molar-refractivity contribution in [3.63, 3.8) is 0 Å². The number of aliphatic hydroxyl groups excluding tert-OH is 1. The molecule has 1 unspecified atom stereocenters. The number of aliphatic hydroxyl groups is 1. The lowest BCUT2D eigenvalue weighted by Crippen LogP contribution is -2.01. The van der Waals surface area contributed by atoms with E-state index < -0.39 is 11.9 Å². The first-order valence-corrected chi connectivity index (χ1v) is 6.14. The van der Waals surface area contributed by atoms with Gasteiger partial charge in [-0.25, -0.2) is 4.39 Å². The van der Waals surface area contributed by atoms with Crippen molar-refractivity contribution in [2.75, 3.05) is 0 Å². The van der Waals surface area contributed by atoms with Crippen molar-refractivity contribution >= 4 is 22.6 Å². The van der Waals surface area contributed by atoms with Gasteiger partial charge in [-0.15, -0.1) is 0 Å². The standard InChI is InChI=1S/C15H10ClFO2/c16-10-5-6-12(17)11(8-10)15(18)14-7-9-3-1-2-4-13(9)19-14/h1-8,15,18H. The maximum Gasteiger partial charge on any atom is 0.140 e. The Kier molecular flexibility index (Phi) is 3.01. The van der Waals surface area contributed by atoms with Gasteiger partial charge < -0.3 is 9.52 Å². The summed E-state index contributed by atoms with van der Waals surface area (Å²) in [7, 11) is 0. The van der Waals surface area contributed by atoms with E-state index in [2.05, 4.69) is 0 Å². The molecule has 0 aliphatic rings. The smallest absolute Gasteiger partial charge is 0.140 e. The van der Waals surface area contributed by atoms with Crippen LogP contribution in [-0.2, 0) is 0 Å². The van der Waals surface area contributed by atoms with Crippen LogP contribution in [0, 0.1) is 5.82 Å². The summed E-state index contributed by atoms with van der Waals surface area (Å²) >= 11 is 5.82. The molecule has 0 saturated carbocycles. The zero-order valence-corrected chi connectivity index (χ0v) is 10.6. The van der Waals surface area contributed by atoms with Gasteiger partial charge in [-0.1, -0.05) is 29.8 Å². The second-order valence-electron chi connectivity index (χ2n) is 4.25. The largest absolute Gasteiger partial charge is 0.458 e. The van der Waals surface area contributed by atoms with E-state index in [4.69, 9.17) is 16.0 Å². The van der Waals surface area contributed by atoms with Gasteiger partial charge in [0.25, 0.3) is 0 Å². The van der Waals surface area contributed by atoms with Crippen LogP contribution in [0.4, 0.5) is 4.39 Å². The van der Waals surface area contributed by atoms with Crippen LogP contribution >= 0.6 is 11.6 Å². The molecule has 19 heavy (non-hydrogen) atoms. The molecule has 2 nitrogen and oxygen atoms in total. The minimum absolute atomic E-state index is 0.103. The van der Waals surface area contributed by atoms with Gasteiger partial charge in [0, 0.05) is 16.0 Å². The van der Waals surface area contributed by atoms with Crippen LogP contribution < -0.4 is 0 Å². The zero-order chi connectivity index (χ0) is 13.4. The average Bonchev–Trinajstić information content (AvgIpc) is 2.84. The Morgan fingerprint density at radius 2 is 1.89 bits per heavy atom. The Hall–Kier alpha value is -1.84. The number of benzene rings is 2. The van der Waals surface area contributed by atoms with Gasteiger partial charge >= 0.3 is 0 Å². The number of fused-ring (bicyclic) bond motifs is 1. The zero-order valence-electron chi connectivity index (χ0n) is 9.81. The molecule has 2 aromatic carbocycles. The SMILES string of the molecule is OC(c1cc2ccccc2o1)c1cc(Cl)ccc1F. The van der Waals surface area contributed by atoms with Gasteiger partial charge in [0.05, 0.1) is 0 Å². The number of rotatable bonds is 2. The third-order valence-corrected chi connectivity index (χ3v) is 3.20. The molecule has 0 saturated heterocycles. The highest BCUT2D eigenvalue weighted by atomic mass is 35.5. The second-order valence-corrected chi connectivity index (χ2v) is 4.69. The first kappa shape index (κ1) is 12.2. The van der Waals surface area contributed by atoms with Crippen LogP contribution in [0.3, 0.4) is 0 Å². The molecular weight excluding hydrogens is 267 g/mol. The van der Waals surface area contributed by atoms with Gasteiger partial charge in [0.15, 0.2) is 0 Å². The minimum atomic E-state index is -1.17. The van der Waals surface area contributed by atoms with Crippen molar-refractivity contribution in [1.82, 2.24) is 0 Å². The van der Waals surface area contributed by atoms with Gasteiger partial charge in [0.2, 0.25) is 0 Å². The quantitative estimate of drug-likeness (QED) is 0.757. The second kappa shape index (κ2) is 4.68. The fourth-order valence-electron chi connectivity index (χ4n) is 2.01. The van der Waals surface area contributed by atoms with Crippen LogP contribution in [0.2, 0.25) is 5.02 Å². The summed E-state index contributed by atoms with van der Waals surface area (Å²) in [4.78, 5) is 0. The van der Waals surface area contributed by atoms with Gasteiger partial charge in [-0.05, 0) is 30.3 Å². The average molecular weight is 277 g/mol. The molecule has 1 N–H and O–H groups in total. The summed E-state index contributed by atoms with van der Waals surface area (Å²) in [6.07, 6.45) is -1.17. The van der Waals surface area contributed by atoms with Crippen molar-refractivity contribution < 1.29 is 13.9 Å². The van der Waals surface area contributed by atoms with E-state index in [1.54, 1.807) is 12.1 Å². The van der Waals surface area contributed by atoms with Crippen LogP contribution in [0.25, 0.3) is 11.0 Å². The maximum atomic E-state index is 13.7. The van der Waals surface area contributed by atoms with Crippen molar-refractivity contribution in [2.45, 2.75) is 6.10 Å². The third kappa shape index (κ3) is 2.23. The van der Waals surface area contributed by atoms with Crippen molar-refractivity contribution in [2.24, 2.45) is 0 Å². The van der Waals surface area contributed by atoms with Crippen molar-refractivity contribution in [3.05, 3.63) is 70.7 Å². The lowest BCUT2D eigenvalue weighted by Gasteiger charge is -2.09. The molecule has 1 atom stereocenters. The number of hydrogen-bond acceptors (Lipinski definition) is 2. The van der Waals surface area contributed by atoms with Crippen molar-refractivity contribution in [1.29, 1.82) is 0 Å². The maximum absolute atomic E-state index is 13.7. The lowest BCUT2D eigenvalue weighted by atomic mass is 10.1. The van der Waals surface area contributed by atoms with E-state index in [1.165, 1.54) is 18.2 Å². The molecule has 0 aliphatic carbocycles. The fraction of sp³-hybridized carbons (Fsp3) is 0.0667.